The molecule has 5 heteroatoms. The molecule has 0 bridgehead atoms. The highest BCUT2D eigenvalue weighted by atomic mass is 16.5. The molecule has 1 amide bonds. The predicted octanol–water partition coefficient (Wildman–Crippen LogP) is 2.41. The molecule has 1 aliphatic rings. The number of hydrogen-bond acceptors (Lipinski definition) is 3. The van der Waals surface area contributed by atoms with Gasteiger partial charge >= 0.3 is 0 Å². The zero-order chi connectivity index (χ0) is 15.7. The normalized spacial score (nSPS) is 18.8. The number of hydrogen-bond donors (Lipinski definition) is 0. The molecule has 0 spiro atoms. The van der Waals surface area contributed by atoms with Crippen LogP contribution in [0.5, 0.6) is 0 Å². The van der Waals surface area contributed by atoms with Gasteiger partial charge in [-0.15, -0.1) is 0 Å². The number of benzene rings is 1. The summed E-state index contributed by atoms with van der Waals surface area (Å²) in [5.74, 6) is 1.40. The Kier molecular flexibility index (Phi) is 4.16. The first kappa shape index (κ1) is 15.0. The van der Waals surface area contributed by atoms with Gasteiger partial charge in [0.15, 0.2) is 0 Å². The number of aromatic nitrogens is 2. The van der Waals surface area contributed by atoms with Gasteiger partial charge in [0.25, 0.3) is 0 Å². The maximum Gasteiger partial charge on any atom is 0.223 e. The van der Waals surface area contributed by atoms with Gasteiger partial charge in [0.1, 0.15) is 5.82 Å². The van der Waals surface area contributed by atoms with Crippen molar-refractivity contribution in [2.24, 2.45) is 0 Å². The van der Waals surface area contributed by atoms with Gasteiger partial charge in [-0.05, 0) is 26.0 Å². The highest BCUT2D eigenvalue weighted by molar-refractivity contribution is 5.81. The van der Waals surface area contributed by atoms with E-state index in [-0.39, 0.29) is 17.9 Å². The van der Waals surface area contributed by atoms with Crippen LogP contribution >= 0.6 is 0 Å². The Labute approximate surface area is 130 Å². The Balaban J connectivity index is 1.98. The monoisotopic (exact) mass is 301 g/mol. The number of imidazole rings is 1. The van der Waals surface area contributed by atoms with Crippen LogP contribution in [0.1, 0.15) is 32.0 Å². The molecule has 1 atom stereocenters. The summed E-state index contributed by atoms with van der Waals surface area (Å²) >= 11 is 0. The van der Waals surface area contributed by atoms with Crippen LogP contribution in [0, 0.1) is 0 Å². The SMILES string of the molecule is COCCn1c([C@H]2CC(=O)N(C(C)C)C2)nc2ccccc21. The first-order valence-corrected chi connectivity index (χ1v) is 7.85. The van der Waals surface area contributed by atoms with Gasteiger partial charge in [-0.3, -0.25) is 4.79 Å². The fourth-order valence-electron chi connectivity index (χ4n) is 3.23. The molecule has 0 N–H and O–H groups in total. The number of nitrogens with zero attached hydrogens (tertiary/aromatic N) is 3. The smallest absolute Gasteiger partial charge is 0.223 e. The van der Waals surface area contributed by atoms with E-state index in [1.807, 2.05) is 23.1 Å². The number of ether oxygens (including phenoxy) is 1. The first-order chi connectivity index (χ1) is 10.6. The van der Waals surface area contributed by atoms with Gasteiger partial charge in [-0.1, -0.05) is 12.1 Å². The van der Waals surface area contributed by atoms with Crippen molar-refractivity contribution in [2.75, 3.05) is 20.3 Å². The summed E-state index contributed by atoms with van der Waals surface area (Å²) in [5.41, 5.74) is 2.11. The lowest BCUT2D eigenvalue weighted by molar-refractivity contribution is -0.129. The van der Waals surface area contributed by atoms with Crippen LogP contribution in [0.2, 0.25) is 0 Å². The summed E-state index contributed by atoms with van der Waals surface area (Å²) < 4.78 is 7.45. The van der Waals surface area contributed by atoms with E-state index in [0.717, 1.165) is 29.9 Å². The van der Waals surface area contributed by atoms with Gasteiger partial charge in [0, 0.05) is 38.6 Å². The van der Waals surface area contributed by atoms with Crippen LogP contribution in [0.25, 0.3) is 11.0 Å². The molecule has 22 heavy (non-hydrogen) atoms. The van der Waals surface area contributed by atoms with Crippen LogP contribution < -0.4 is 0 Å². The lowest BCUT2D eigenvalue weighted by Gasteiger charge is -2.21. The summed E-state index contributed by atoms with van der Waals surface area (Å²) in [6.07, 6.45) is 0.550. The average Bonchev–Trinajstić information content (AvgIpc) is 3.05. The second-order valence-electron chi connectivity index (χ2n) is 6.14. The highest BCUT2D eigenvalue weighted by Crippen LogP contribution is 2.31. The Morgan fingerprint density at radius 2 is 2.14 bits per heavy atom. The molecular formula is C17H23N3O2. The topological polar surface area (TPSA) is 47.4 Å². The van der Waals surface area contributed by atoms with Crippen LogP contribution in [0.15, 0.2) is 24.3 Å². The number of para-hydroxylation sites is 2. The van der Waals surface area contributed by atoms with Gasteiger partial charge in [-0.25, -0.2) is 4.98 Å². The molecule has 1 aromatic heterocycles. The largest absolute Gasteiger partial charge is 0.383 e. The number of carbonyl (C=O) groups is 1. The van der Waals surface area contributed by atoms with Crippen molar-refractivity contribution < 1.29 is 9.53 Å². The van der Waals surface area contributed by atoms with E-state index >= 15 is 0 Å². The third-order valence-corrected chi connectivity index (χ3v) is 4.35. The van der Waals surface area contributed by atoms with Gasteiger partial charge < -0.3 is 14.2 Å². The van der Waals surface area contributed by atoms with E-state index in [2.05, 4.69) is 24.5 Å². The van der Waals surface area contributed by atoms with Gasteiger partial charge in [0.2, 0.25) is 5.91 Å². The Morgan fingerprint density at radius 3 is 2.82 bits per heavy atom. The Hall–Kier alpha value is -1.88. The summed E-state index contributed by atoms with van der Waals surface area (Å²) in [6, 6.07) is 8.38. The van der Waals surface area contributed by atoms with E-state index in [0.29, 0.717) is 13.0 Å². The van der Waals surface area contributed by atoms with Crippen molar-refractivity contribution in [1.82, 2.24) is 14.5 Å². The molecule has 0 aliphatic carbocycles. The minimum atomic E-state index is 0.166. The van der Waals surface area contributed by atoms with E-state index in [4.69, 9.17) is 9.72 Å². The van der Waals surface area contributed by atoms with E-state index in [9.17, 15) is 4.79 Å². The van der Waals surface area contributed by atoms with Crippen molar-refractivity contribution in [3.05, 3.63) is 30.1 Å². The third-order valence-electron chi connectivity index (χ3n) is 4.35. The Bertz CT molecular complexity index is 678. The van der Waals surface area contributed by atoms with Crippen LogP contribution in [-0.4, -0.2) is 46.7 Å². The van der Waals surface area contributed by atoms with Crippen LogP contribution in [-0.2, 0) is 16.1 Å². The molecule has 2 heterocycles. The molecule has 1 saturated heterocycles. The minimum absolute atomic E-state index is 0.166. The summed E-state index contributed by atoms with van der Waals surface area (Å²) in [7, 11) is 1.71. The molecule has 5 nitrogen and oxygen atoms in total. The molecule has 3 rings (SSSR count). The van der Waals surface area contributed by atoms with Crippen molar-refractivity contribution >= 4 is 16.9 Å². The lowest BCUT2D eigenvalue weighted by Crippen LogP contribution is -2.32. The first-order valence-electron chi connectivity index (χ1n) is 7.85. The minimum Gasteiger partial charge on any atom is -0.383 e. The molecule has 2 aromatic rings. The maximum atomic E-state index is 12.2. The van der Waals surface area contributed by atoms with Gasteiger partial charge in [0.05, 0.1) is 17.6 Å². The zero-order valence-corrected chi connectivity index (χ0v) is 13.5. The van der Waals surface area contributed by atoms with Crippen molar-refractivity contribution in [1.29, 1.82) is 0 Å². The third kappa shape index (κ3) is 2.61. The van der Waals surface area contributed by atoms with E-state index in [1.54, 1.807) is 7.11 Å². The average molecular weight is 301 g/mol. The second kappa shape index (κ2) is 6.08. The maximum absolute atomic E-state index is 12.2. The van der Waals surface area contributed by atoms with Crippen LogP contribution in [0.3, 0.4) is 0 Å². The fraction of sp³-hybridized carbons (Fsp3) is 0.529. The lowest BCUT2D eigenvalue weighted by atomic mass is 10.1. The number of carbonyl (C=O) groups excluding carboxylic acids is 1. The number of methoxy groups -OCH3 is 1. The number of amides is 1. The number of fused-ring (bicyclic) bond motifs is 1. The summed E-state index contributed by atoms with van der Waals surface area (Å²) in [6.45, 7) is 6.29. The number of likely N-dealkylation sites (tertiary alicyclic amines) is 1. The van der Waals surface area contributed by atoms with Crippen molar-refractivity contribution in [2.45, 2.75) is 38.8 Å². The standard InChI is InChI=1S/C17H23N3O2/c1-12(2)20-11-13(10-16(20)21)17-18-14-6-4-5-7-15(14)19(17)8-9-22-3/h4-7,12-13H,8-11H2,1-3H3/t13-/m0/s1. The number of rotatable bonds is 5. The quantitative estimate of drug-likeness (QED) is 0.852. The van der Waals surface area contributed by atoms with Gasteiger partial charge in [-0.2, -0.15) is 0 Å². The fourth-order valence-corrected chi connectivity index (χ4v) is 3.23. The molecule has 0 radical (unpaired) electrons. The molecule has 0 unspecified atom stereocenters. The second-order valence-corrected chi connectivity index (χ2v) is 6.14. The van der Waals surface area contributed by atoms with Crippen LogP contribution in [0.4, 0.5) is 0 Å². The van der Waals surface area contributed by atoms with Crippen molar-refractivity contribution in [3.8, 4) is 0 Å². The molecule has 1 aliphatic heterocycles. The summed E-state index contributed by atoms with van der Waals surface area (Å²) in [5, 5.41) is 0. The highest BCUT2D eigenvalue weighted by Gasteiger charge is 2.34. The molecule has 1 aromatic carbocycles. The molecule has 118 valence electrons. The van der Waals surface area contributed by atoms with E-state index in [1.165, 1.54) is 0 Å². The van der Waals surface area contributed by atoms with E-state index < -0.39 is 0 Å². The predicted molar refractivity (Wildman–Crippen MR) is 85.8 cm³/mol. The zero-order valence-electron chi connectivity index (χ0n) is 13.5. The molecule has 0 saturated carbocycles. The van der Waals surface area contributed by atoms with Crippen molar-refractivity contribution in [3.63, 3.8) is 0 Å². The molecule has 1 fully saturated rings. The Morgan fingerprint density at radius 1 is 1.36 bits per heavy atom. The summed E-state index contributed by atoms with van der Waals surface area (Å²) in [4.78, 5) is 19.0. The molecular weight excluding hydrogens is 278 g/mol.